The minimum Gasteiger partial charge on any atom is -0.459 e. The Balaban J connectivity index is 0.000000212. The highest BCUT2D eigenvalue weighted by atomic mass is 16.6. The van der Waals surface area contributed by atoms with Gasteiger partial charge in [0.25, 0.3) is 0 Å². The summed E-state index contributed by atoms with van der Waals surface area (Å²) in [4.78, 5) is 10.7. The molecule has 28 heavy (non-hydrogen) atoms. The molecule has 0 bridgehead atoms. The number of benzene rings is 2. The summed E-state index contributed by atoms with van der Waals surface area (Å²) in [5.41, 5.74) is 3.88. The number of esters is 1. The normalized spacial score (nSPS) is 13.4. The molecule has 146 valence electrons. The van der Waals surface area contributed by atoms with Crippen molar-refractivity contribution in [2.24, 2.45) is 0 Å². The molecule has 1 fully saturated rings. The van der Waals surface area contributed by atoms with Crippen LogP contribution in [0, 0.1) is 0 Å². The van der Waals surface area contributed by atoms with Crippen LogP contribution in [0.25, 0.3) is 18.2 Å². The zero-order valence-corrected chi connectivity index (χ0v) is 16.5. The maximum atomic E-state index is 10.7. The van der Waals surface area contributed by atoms with E-state index >= 15 is 0 Å². The topological polar surface area (TPSA) is 38.8 Å². The highest BCUT2D eigenvalue weighted by Gasteiger charge is 2.24. The van der Waals surface area contributed by atoms with Gasteiger partial charge in [-0.25, -0.2) is 4.79 Å². The number of epoxide rings is 1. The number of hydrogen-bond donors (Lipinski definition) is 0. The molecule has 1 atom stereocenters. The summed E-state index contributed by atoms with van der Waals surface area (Å²) in [6.07, 6.45) is 5.64. The molecule has 0 amide bonds. The maximum Gasteiger partial charge on any atom is 0.333 e. The fourth-order valence-corrected chi connectivity index (χ4v) is 1.93. The van der Waals surface area contributed by atoms with Crippen LogP contribution in [0.2, 0.25) is 0 Å². The average molecular weight is 376 g/mol. The predicted octanol–water partition coefficient (Wildman–Crippen LogP) is 5.81. The van der Waals surface area contributed by atoms with Gasteiger partial charge in [0.2, 0.25) is 0 Å². The lowest BCUT2D eigenvalue weighted by molar-refractivity contribution is -0.139. The Morgan fingerprint density at radius 1 is 1.00 bits per heavy atom. The standard InChI is InChI=1S/C10H10.C8H8.C7H10O3/c1-3-9-7-5-6-8-10(9)4-2;1-2-8-6-4-3-5-7-8;1-5(2)7(8)10-4-6-3-9-6/h3-8H,1-2H2;2-7H,1H2;6H,1,3-4H2,2H3. The van der Waals surface area contributed by atoms with Crippen LogP contribution in [0.3, 0.4) is 0 Å². The summed E-state index contributed by atoms with van der Waals surface area (Å²) >= 11 is 0. The average Bonchev–Trinajstić information content (AvgIpc) is 3.57. The zero-order chi connectivity index (χ0) is 20.8. The van der Waals surface area contributed by atoms with Gasteiger partial charge in [0.1, 0.15) is 12.7 Å². The third kappa shape index (κ3) is 9.51. The van der Waals surface area contributed by atoms with Crippen molar-refractivity contribution in [3.8, 4) is 0 Å². The third-order valence-corrected chi connectivity index (χ3v) is 3.62. The molecule has 0 radical (unpaired) electrons. The molecule has 3 nitrogen and oxygen atoms in total. The molecule has 3 rings (SSSR count). The van der Waals surface area contributed by atoms with Gasteiger partial charge in [0.05, 0.1) is 6.61 Å². The zero-order valence-electron chi connectivity index (χ0n) is 16.5. The van der Waals surface area contributed by atoms with Crippen LogP contribution in [0.4, 0.5) is 0 Å². The van der Waals surface area contributed by atoms with E-state index in [-0.39, 0.29) is 12.1 Å². The van der Waals surface area contributed by atoms with E-state index < -0.39 is 0 Å². The Morgan fingerprint density at radius 2 is 1.50 bits per heavy atom. The van der Waals surface area contributed by atoms with Crippen molar-refractivity contribution >= 4 is 24.2 Å². The molecule has 0 aromatic heterocycles. The monoisotopic (exact) mass is 376 g/mol. The van der Waals surface area contributed by atoms with Crippen molar-refractivity contribution in [3.63, 3.8) is 0 Å². The fraction of sp³-hybridized carbons (Fsp3) is 0.160. The van der Waals surface area contributed by atoms with Crippen molar-refractivity contribution < 1.29 is 14.3 Å². The van der Waals surface area contributed by atoms with E-state index in [9.17, 15) is 4.79 Å². The Hall–Kier alpha value is -3.17. The number of carbonyl (C=O) groups excluding carboxylic acids is 1. The van der Waals surface area contributed by atoms with Gasteiger partial charge in [-0.2, -0.15) is 0 Å². The summed E-state index contributed by atoms with van der Waals surface area (Å²) < 4.78 is 9.60. The molecular weight excluding hydrogens is 348 g/mol. The second-order valence-electron chi connectivity index (χ2n) is 5.99. The van der Waals surface area contributed by atoms with Crippen LogP contribution in [0.5, 0.6) is 0 Å². The van der Waals surface area contributed by atoms with Crippen molar-refractivity contribution in [1.82, 2.24) is 0 Å². The first-order chi connectivity index (χ1) is 13.5. The van der Waals surface area contributed by atoms with Crippen molar-refractivity contribution in [3.05, 3.63) is 103 Å². The highest BCUT2D eigenvalue weighted by Crippen LogP contribution is 2.10. The number of rotatable bonds is 6. The first kappa shape index (κ1) is 22.9. The summed E-state index contributed by atoms with van der Waals surface area (Å²) in [6, 6.07) is 18.0. The number of ether oxygens (including phenoxy) is 2. The molecular formula is C25H28O3. The van der Waals surface area contributed by atoms with Gasteiger partial charge < -0.3 is 9.47 Å². The Kier molecular flexibility index (Phi) is 10.7. The molecule has 0 aliphatic carbocycles. The first-order valence-electron chi connectivity index (χ1n) is 8.97. The van der Waals surface area contributed by atoms with Gasteiger partial charge in [-0.1, -0.05) is 99.1 Å². The van der Waals surface area contributed by atoms with Crippen molar-refractivity contribution in [1.29, 1.82) is 0 Å². The molecule has 1 aliphatic rings. The van der Waals surface area contributed by atoms with Crippen LogP contribution in [0.1, 0.15) is 23.6 Å². The Labute approximate surface area is 168 Å². The Morgan fingerprint density at radius 3 is 1.86 bits per heavy atom. The van der Waals surface area contributed by atoms with Gasteiger partial charge in [0, 0.05) is 5.57 Å². The highest BCUT2D eigenvalue weighted by molar-refractivity contribution is 5.86. The first-order valence-corrected chi connectivity index (χ1v) is 8.97. The Bertz CT molecular complexity index is 759. The molecule has 1 aliphatic heterocycles. The SMILES string of the molecule is C=C(C)C(=O)OCC1CO1.C=Cc1ccccc1.C=Cc1ccccc1C=C. The van der Waals surface area contributed by atoms with Crippen molar-refractivity contribution in [2.45, 2.75) is 13.0 Å². The van der Waals surface area contributed by atoms with E-state index in [0.717, 1.165) is 11.1 Å². The molecule has 0 N–H and O–H groups in total. The number of carbonyl (C=O) groups is 1. The maximum absolute atomic E-state index is 10.7. The van der Waals surface area contributed by atoms with Gasteiger partial charge in [-0.3, -0.25) is 0 Å². The van der Waals surface area contributed by atoms with Crippen LogP contribution < -0.4 is 0 Å². The predicted molar refractivity (Wildman–Crippen MR) is 119 cm³/mol. The van der Waals surface area contributed by atoms with E-state index in [0.29, 0.717) is 18.8 Å². The van der Waals surface area contributed by atoms with Crippen LogP contribution in [-0.2, 0) is 14.3 Å². The molecule has 2 aromatic carbocycles. The minimum atomic E-state index is -0.337. The van der Waals surface area contributed by atoms with Gasteiger partial charge in [0.15, 0.2) is 0 Å². The summed E-state index contributed by atoms with van der Waals surface area (Å²) in [6.45, 7) is 17.2. The van der Waals surface area contributed by atoms with E-state index in [4.69, 9.17) is 9.47 Å². The lowest BCUT2D eigenvalue weighted by atomic mass is 10.1. The quantitative estimate of drug-likeness (QED) is 0.363. The van der Waals surface area contributed by atoms with E-state index in [2.05, 4.69) is 26.3 Å². The van der Waals surface area contributed by atoms with Gasteiger partial charge >= 0.3 is 5.97 Å². The summed E-state index contributed by atoms with van der Waals surface area (Å²) in [5, 5.41) is 0. The van der Waals surface area contributed by atoms with Gasteiger partial charge in [-0.15, -0.1) is 0 Å². The molecule has 1 unspecified atom stereocenters. The van der Waals surface area contributed by atoms with E-state index in [1.165, 1.54) is 5.56 Å². The summed E-state index contributed by atoms with van der Waals surface area (Å²) in [7, 11) is 0. The largest absolute Gasteiger partial charge is 0.459 e. The molecule has 0 saturated carbocycles. The molecule has 0 spiro atoms. The lowest BCUT2D eigenvalue weighted by Crippen LogP contribution is -2.09. The van der Waals surface area contributed by atoms with Crippen LogP contribution >= 0.6 is 0 Å². The fourth-order valence-electron chi connectivity index (χ4n) is 1.93. The molecule has 3 heteroatoms. The lowest BCUT2D eigenvalue weighted by Gasteiger charge is -1.99. The minimum absolute atomic E-state index is 0.142. The molecule has 1 saturated heterocycles. The number of hydrogen-bond acceptors (Lipinski definition) is 3. The third-order valence-electron chi connectivity index (χ3n) is 3.62. The van der Waals surface area contributed by atoms with Gasteiger partial charge in [-0.05, 0) is 23.6 Å². The summed E-state index contributed by atoms with van der Waals surface area (Å²) in [5.74, 6) is -0.337. The second kappa shape index (κ2) is 13.1. The molecule has 2 aromatic rings. The molecule has 1 heterocycles. The van der Waals surface area contributed by atoms with Crippen LogP contribution in [0.15, 0.2) is 86.5 Å². The smallest absolute Gasteiger partial charge is 0.333 e. The second-order valence-corrected chi connectivity index (χ2v) is 5.99. The van der Waals surface area contributed by atoms with Crippen molar-refractivity contribution in [2.75, 3.05) is 13.2 Å². The van der Waals surface area contributed by atoms with E-state index in [1.54, 1.807) is 6.92 Å². The van der Waals surface area contributed by atoms with Crippen LogP contribution in [-0.4, -0.2) is 25.3 Å². The van der Waals surface area contributed by atoms with E-state index in [1.807, 2.05) is 72.8 Å².